The first-order valence-electron chi connectivity index (χ1n) is 3.56. The Labute approximate surface area is 88.3 Å². The minimum atomic E-state index is -0.510. The van der Waals surface area contributed by atoms with Gasteiger partial charge in [0.1, 0.15) is 0 Å². The normalized spacial score (nSPS) is 9.77. The summed E-state index contributed by atoms with van der Waals surface area (Å²) in [7, 11) is 1.47. The van der Waals surface area contributed by atoms with E-state index < -0.39 is 6.03 Å². The lowest BCUT2D eigenvalue weighted by molar-refractivity contribution is -0.0493. The fourth-order valence-electron chi connectivity index (χ4n) is 0.785. The zero-order valence-corrected chi connectivity index (χ0v) is 9.35. The van der Waals surface area contributed by atoms with Crippen LogP contribution in [0.2, 0.25) is 0 Å². The van der Waals surface area contributed by atoms with Gasteiger partial charge in [0.15, 0.2) is 0 Å². The third-order valence-corrected chi connectivity index (χ3v) is 2.99. The molecule has 0 aliphatic heterocycles. The summed E-state index contributed by atoms with van der Waals surface area (Å²) in [6, 6.07) is 3.21. The van der Waals surface area contributed by atoms with Crippen molar-refractivity contribution >= 4 is 33.3 Å². The highest BCUT2D eigenvalue weighted by Crippen LogP contribution is 2.22. The molecule has 6 heteroatoms. The number of rotatable bonds is 2. The Morgan fingerprint density at radius 2 is 2.46 bits per heavy atom. The van der Waals surface area contributed by atoms with Crippen LogP contribution in [0.15, 0.2) is 15.9 Å². The van der Waals surface area contributed by atoms with Gasteiger partial charge in [0.2, 0.25) is 0 Å². The van der Waals surface area contributed by atoms with Gasteiger partial charge in [0, 0.05) is 11.9 Å². The number of thiophene rings is 1. The Kier molecular flexibility index (Phi) is 3.71. The molecule has 0 aliphatic rings. The Balaban J connectivity index is 2.54. The van der Waals surface area contributed by atoms with E-state index in [1.807, 2.05) is 12.1 Å². The van der Waals surface area contributed by atoms with E-state index in [1.54, 1.807) is 0 Å². The van der Waals surface area contributed by atoms with Gasteiger partial charge in [-0.3, -0.25) is 5.21 Å². The lowest BCUT2D eigenvalue weighted by atomic mass is 10.4. The van der Waals surface area contributed by atoms with Crippen molar-refractivity contribution in [3.63, 3.8) is 0 Å². The van der Waals surface area contributed by atoms with Crippen molar-refractivity contribution in [2.24, 2.45) is 0 Å². The molecule has 0 aromatic carbocycles. The number of halogens is 1. The number of hydrogen-bond acceptors (Lipinski definition) is 3. The van der Waals surface area contributed by atoms with Gasteiger partial charge in [0.05, 0.1) is 10.3 Å². The highest BCUT2D eigenvalue weighted by molar-refractivity contribution is 9.11. The van der Waals surface area contributed by atoms with Gasteiger partial charge in [-0.1, -0.05) is 0 Å². The molecule has 2 N–H and O–H groups in total. The quantitative estimate of drug-likeness (QED) is 0.635. The van der Waals surface area contributed by atoms with Crippen LogP contribution < -0.4 is 5.32 Å². The molecule has 13 heavy (non-hydrogen) atoms. The SMILES string of the molecule is CNC(=O)N(O)Cc1ccc(Br)s1. The van der Waals surface area contributed by atoms with Crippen LogP contribution in [0, 0.1) is 0 Å². The van der Waals surface area contributed by atoms with Gasteiger partial charge >= 0.3 is 6.03 Å². The number of amides is 2. The number of carbonyl (C=O) groups excluding carboxylic acids is 1. The molecule has 1 rings (SSSR count). The molecule has 0 saturated heterocycles. The van der Waals surface area contributed by atoms with Gasteiger partial charge in [-0.15, -0.1) is 11.3 Å². The van der Waals surface area contributed by atoms with Crippen LogP contribution in [0.4, 0.5) is 4.79 Å². The smallest absolute Gasteiger partial charge is 0.339 e. The number of nitrogens with one attached hydrogen (secondary N) is 1. The second-order valence-electron chi connectivity index (χ2n) is 2.32. The maximum Gasteiger partial charge on any atom is 0.341 e. The van der Waals surface area contributed by atoms with E-state index in [-0.39, 0.29) is 6.54 Å². The first kappa shape index (κ1) is 10.5. The van der Waals surface area contributed by atoms with E-state index in [4.69, 9.17) is 0 Å². The topological polar surface area (TPSA) is 52.6 Å². The van der Waals surface area contributed by atoms with Gasteiger partial charge in [-0.2, -0.15) is 0 Å². The molecular weight excluding hydrogens is 256 g/mol. The third kappa shape index (κ3) is 2.98. The first-order chi connectivity index (χ1) is 6.13. The molecule has 4 nitrogen and oxygen atoms in total. The highest BCUT2D eigenvalue weighted by Gasteiger charge is 2.09. The predicted octanol–water partition coefficient (Wildman–Crippen LogP) is 2.04. The van der Waals surface area contributed by atoms with Crippen LogP contribution in [-0.4, -0.2) is 23.3 Å². The minimum absolute atomic E-state index is 0.204. The molecule has 72 valence electrons. The van der Waals surface area contributed by atoms with Crippen molar-refractivity contribution in [2.75, 3.05) is 7.05 Å². The molecule has 0 aliphatic carbocycles. The summed E-state index contributed by atoms with van der Waals surface area (Å²) in [5.41, 5.74) is 0. The minimum Gasteiger partial charge on any atom is -0.339 e. The number of nitrogens with zero attached hydrogens (tertiary/aromatic N) is 1. The summed E-state index contributed by atoms with van der Waals surface area (Å²) in [6.45, 7) is 0.204. The predicted molar refractivity (Wildman–Crippen MR) is 53.8 cm³/mol. The van der Waals surface area contributed by atoms with Crippen LogP contribution in [0.25, 0.3) is 0 Å². The molecule has 1 aromatic rings. The van der Waals surface area contributed by atoms with E-state index in [2.05, 4.69) is 21.2 Å². The summed E-state index contributed by atoms with van der Waals surface area (Å²) >= 11 is 4.77. The maximum atomic E-state index is 10.9. The molecule has 0 unspecified atom stereocenters. The van der Waals surface area contributed by atoms with Crippen molar-refractivity contribution in [1.82, 2.24) is 10.4 Å². The monoisotopic (exact) mass is 264 g/mol. The fraction of sp³-hybridized carbons (Fsp3) is 0.286. The van der Waals surface area contributed by atoms with E-state index in [0.29, 0.717) is 5.06 Å². The largest absolute Gasteiger partial charge is 0.341 e. The molecule has 2 amide bonds. The standard InChI is InChI=1S/C7H9BrN2O2S/c1-9-7(11)10(12)4-5-2-3-6(8)13-5/h2-3,12H,4H2,1H3,(H,9,11). The van der Waals surface area contributed by atoms with Crippen molar-refractivity contribution in [3.8, 4) is 0 Å². The van der Waals surface area contributed by atoms with Crippen molar-refractivity contribution in [1.29, 1.82) is 0 Å². The summed E-state index contributed by atoms with van der Waals surface area (Å²) in [5, 5.41) is 12.2. The van der Waals surface area contributed by atoms with Crippen LogP contribution in [-0.2, 0) is 6.54 Å². The number of carbonyl (C=O) groups is 1. The van der Waals surface area contributed by atoms with Crippen molar-refractivity contribution in [3.05, 3.63) is 20.8 Å². The summed E-state index contributed by atoms with van der Waals surface area (Å²) in [5.74, 6) is 0. The van der Waals surface area contributed by atoms with Crippen molar-refractivity contribution in [2.45, 2.75) is 6.54 Å². The zero-order valence-electron chi connectivity index (χ0n) is 6.95. The van der Waals surface area contributed by atoms with Gasteiger partial charge in [-0.05, 0) is 28.1 Å². The first-order valence-corrected chi connectivity index (χ1v) is 5.16. The lowest BCUT2D eigenvalue weighted by Gasteiger charge is -2.12. The highest BCUT2D eigenvalue weighted by atomic mass is 79.9. The Bertz CT molecular complexity index is 302. The average Bonchev–Trinajstić information content (AvgIpc) is 2.49. The number of hydrogen-bond donors (Lipinski definition) is 2. The Morgan fingerprint density at radius 1 is 1.77 bits per heavy atom. The molecule has 1 heterocycles. The van der Waals surface area contributed by atoms with E-state index >= 15 is 0 Å². The summed E-state index contributed by atoms with van der Waals surface area (Å²) < 4.78 is 0.979. The number of urea groups is 1. The van der Waals surface area contributed by atoms with E-state index in [9.17, 15) is 10.0 Å². The van der Waals surface area contributed by atoms with Crippen LogP contribution in [0.1, 0.15) is 4.88 Å². The van der Waals surface area contributed by atoms with E-state index in [1.165, 1.54) is 18.4 Å². The van der Waals surface area contributed by atoms with Crippen LogP contribution >= 0.6 is 27.3 Å². The van der Waals surface area contributed by atoms with Gasteiger partial charge in [-0.25, -0.2) is 9.86 Å². The van der Waals surface area contributed by atoms with Crippen molar-refractivity contribution < 1.29 is 10.0 Å². The molecule has 0 bridgehead atoms. The maximum absolute atomic E-state index is 10.9. The summed E-state index contributed by atoms with van der Waals surface area (Å²) in [4.78, 5) is 11.8. The second kappa shape index (κ2) is 4.59. The molecule has 0 fully saturated rings. The third-order valence-electron chi connectivity index (χ3n) is 1.38. The molecule has 0 saturated carbocycles. The molecule has 0 spiro atoms. The molecular formula is C7H9BrN2O2S. The van der Waals surface area contributed by atoms with Gasteiger partial charge in [0.25, 0.3) is 0 Å². The zero-order chi connectivity index (χ0) is 9.84. The molecule has 1 aromatic heterocycles. The lowest BCUT2D eigenvalue weighted by Crippen LogP contribution is -2.34. The molecule has 0 radical (unpaired) electrons. The molecule has 0 atom stereocenters. The Hall–Kier alpha value is -0.590. The summed E-state index contributed by atoms with van der Waals surface area (Å²) in [6.07, 6.45) is 0. The average molecular weight is 265 g/mol. The van der Waals surface area contributed by atoms with E-state index in [0.717, 1.165) is 8.66 Å². The fourth-order valence-corrected chi connectivity index (χ4v) is 2.25. The van der Waals surface area contributed by atoms with Gasteiger partial charge < -0.3 is 5.32 Å². The number of hydroxylamine groups is 2. The van der Waals surface area contributed by atoms with Crippen LogP contribution in [0.5, 0.6) is 0 Å². The van der Waals surface area contributed by atoms with Crippen LogP contribution in [0.3, 0.4) is 0 Å². The second-order valence-corrected chi connectivity index (χ2v) is 4.87. The Morgan fingerprint density at radius 3 is 2.92 bits per heavy atom.